The van der Waals surface area contributed by atoms with Crippen LogP contribution in [-0.4, -0.2) is 79.3 Å². The molecule has 0 spiro atoms. The predicted molar refractivity (Wildman–Crippen MR) is 138 cm³/mol. The molecule has 1 saturated heterocycles. The average Bonchev–Trinajstić information content (AvgIpc) is 2.91. The third-order valence-electron chi connectivity index (χ3n) is 6.86. The maximum Gasteiger partial charge on any atom is 0.181 e. The average molecular weight is 537 g/mol. The molecule has 1 heterocycles. The summed E-state index contributed by atoms with van der Waals surface area (Å²) in [7, 11) is 3.31. The number of rotatable bonds is 8. The number of aliphatic hydroxyl groups excluding tert-OH is 2. The van der Waals surface area contributed by atoms with Crippen LogP contribution in [0.3, 0.4) is 0 Å². The van der Waals surface area contributed by atoms with Gasteiger partial charge in [-0.25, -0.2) is 0 Å². The van der Waals surface area contributed by atoms with Gasteiger partial charge in [-0.3, -0.25) is 0 Å². The molecule has 6 unspecified atom stereocenters. The van der Waals surface area contributed by atoms with Crippen LogP contribution in [0.25, 0.3) is 0 Å². The van der Waals surface area contributed by atoms with Crippen molar-refractivity contribution in [2.75, 3.05) is 34.0 Å². The molecule has 2 aromatic carbocycles. The summed E-state index contributed by atoms with van der Waals surface area (Å²) in [5, 5.41) is 39.1. The standard InChI is InChI=1S/C19H28O8.C9H12O2/c1-10-17(9-24-11(2)25-10)26-18(8-21)27-19-13(7-20)4-3-12-5-15(22)16(23)6-14(12)19;1-7-8(10-2)5-4-6-9(7)11-3/h5-6,10-11,13,17-23H,3-4,7-9H2,1-2H3;4-6H,1-3H3. The van der Waals surface area contributed by atoms with Gasteiger partial charge < -0.3 is 48.8 Å². The zero-order valence-corrected chi connectivity index (χ0v) is 22.6. The number of hydrogen-bond donors (Lipinski definition) is 4. The fourth-order valence-corrected chi connectivity index (χ4v) is 4.69. The van der Waals surface area contributed by atoms with Crippen molar-refractivity contribution >= 4 is 0 Å². The zero-order valence-electron chi connectivity index (χ0n) is 22.6. The Labute approximate surface area is 223 Å². The second-order valence-electron chi connectivity index (χ2n) is 9.39. The summed E-state index contributed by atoms with van der Waals surface area (Å²) in [4.78, 5) is 0. The Bertz CT molecular complexity index is 1010. The second kappa shape index (κ2) is 14.0. The van der Waals surface area contributed by atoms with Gasteiger partial charge in [-0.2, -0.15) is 0 Å². The Morgan fingerprint density at radius 3 is 2.24 bits per heavy atom. The van der Waals surface area contributed by atoms with Crippen molar-refractivity contribution in [1.82, 2.24) is 0 Å². The van der Waals surface area contributed by atoms with Crippen molar-refractivity contribution < 1.29 is 48.8 Å². The smallest absolute Gasteiger partial charge is 0.181 e. The quantitative estimate of drug-likeness (QED) is 0.294. The summed E-state index contributed by atoms with van der Waals surface area (Å²) in [6.45, 7) is 5.48. The van der Waals surface area contributed by atoms with E-state index in [1.807, 2.05) is 32.0 Å². The van der Waals surface area contributed by atoms with Crippen molar-refractivity contribution in [3.05, 3.63) is 47.0 Å². The largest absolute Gasteiger partial charge is 0.504 e. The second-order valence-corrected chi connectivity index (χ2v) is 9.39. The number of aliphatic hydroxyl groups is 2. The van der Waals surface area contributed by atoms with Gasteiger partial charge in [0.2, 0.25) is 0 Å². The molecule has 212 valence electrons. The van der Waals surface area contributed by atoms with Crippen LogP contribution < -0.4 is 9.47 Å². The number of ether oxygens (including phenoxy) is 6. The van der Waals surface area contributed by atoms with E-state index in [0.717, 1.165) is 22.6 Å². The Morgan fingerprint density at radius 2 is 1.66 bits per heavy atom. The Kier molecular flexibility index (Phi) is 11.0. The van der Waals surface area contributed by atoms with Gasteiger partial charge in [0.1, 0.15) is 17.6 Å². The zero-order chi connectivity index (χ0) is 27.8. The topological polar surface area (TPSA) is 136 Å². The number of hydrogen-bond acceptors (Lipinski definition) is 10. The van der Waals surface area contributed by atoms with Gasteiger partial charge in [0.05, 0.1) is 39.6 Å². The number of benzene rings is 2. The van der Waals surface area contributed by atoms with Crippen LogP contribution >= 0.6 is 0 Å². The van der Waals surface area contributed by atoms with Crippen LogP contribution in [0.2, 0.25) is 0 Å². The highest BCUT2D eigenvalue weighted by atomic mass is 16.7. The lowest BCUT2D eigenvalue weighted by Crippen LogP contribution is -2.46. The van der Waals surface area contributed by atoms with E-state index < -0.39 is 18.5 Å². The third kappa shape index (κ3) is 7.28. The number of phenolic OH excluding ortho intramolecular Hbond substituents is 2. The molecule has 4 N–H and O–H groups in total. The molecule has 0 radical (unpaired) electrons. The Morgan fingerprint density at radius 1 is 1.00 bits per heavy atom. The summed E-state index contributed by atoms with van der Waals surface area (Å²) >= 11 is 0. The molecule has 10 nitrogen and oxygen atoms in total. The molecule has 10 heteroatoms. The molecule has 4 rings (SSSR count). The molecular formula is C28H40O10. The van der Waals surface area contributed by atoms with Crippen LogP contribution in [0.4, 0.5) is 0 Å². The van der Waals surface area contributed by atoms with Crippen molar-refractivity contribution in [2.24, 2.45) is 5.92 Å². The highest BCUT2D eigenvalue weighted by Crippen LogP contribution is 2.42. The number of fused-ring (bicyclic) bond motifs is 1. The van der Waals surface area contributed by atoms with Crippen LogP contribution in [0.5, 0.6) is 23.0 Å². The Hall–Kier alpha value is -2.60. The molecular weight excluding hydrogens is 496 g/mol. The van der Waals surface area contributed by atoms with Crippen LogP contribution in [0.1, 0.15) is 43.1 Å². The van der Waals surface area contributed by atoms with Crippen molar-refractivity contribution in [2.45, 2.75) is 64.5 Å². The van der Waals surface area contributed by atoms with Gasteiger partial charge >= 0.3 is 0 Å². The molecule has 1 aliphatic carbocycles. The van der Waals surface area contributed by atoms with E-state index in [9.17, 15) is 20.4 Å². The molecule has 0 aromatic heterocycles. The summed E-state index contributed by atoms with van der Waals surface area (Å²) in [6.07, 6.45) is -1.16. The van der Waals surface area contributed by atoms with Crippen LogP contribution in [-0.2, 0) is 25.4 Å². The van der Waals surface area contributed by atoms with E-state index in [-0.39, 0.29) is 43.0 Å². The lowest BCUT2D eigenvalue weighted by atomic mass is 9.81. The van der Waals surface area contributed by atoms with Gasteiger partial charge in [0.15, 0.2) is 24.1 Å². The summed E-state index contributed by atoms with van der Waals surface area (Å²) in [5.74, 6) is 1.08. The van der Waals surface area contributed by atoms with E-state index in [0.29, 0.717) is 25.0 Å². The minimum atomic E-state index is -0.945. The SMILES string of the molecule is CC1OCC(OC(CO)OC2c3cc(O)c(O)cc3CCC2CO)C(C)O1.COc1cccc(OC)c1C. The minimum absolute atomic E-state index is 0.104. The van der Waals surface area contributed by atoms with Crippen molar-refractivity contribution in [3.8, 4) is 23.0 Å². The van der Waals surface area contributed by atoms with Gasteiger partial charge in [0.25, 0.3) is 0 Å². The van der Waals surface area contributed by atoms with E-state index >= 15 is 0 Å². The molecule has 0 saturated carbocycles. The summed E-state index contributed by atoms with van der Waals surface area (Å²) in [5.41, 5.74) is 2.55. The summed E-state index contributed by atoms with van der Waals surface area (Å²) < 4.78 is 33.1. The maximum absolute atomic E-state index is 9.88. The first-order chi connectivity index (χ1) is 18.2. The Balaban J connectivity index is 0.000000304. The lowest BCUT2D eigenvalue weighted by molar-refractivity contribution is -0.297. The van der Waals surface area contributed by atoms with Crippen molar-refractivity contribution in [1.29, 1.82) is 0 Å². The number of phenols is 2. The minimum Gasteiger partial charge on any atom is -0.504 e. The maximum atomic E-state index is 9.88. The third-order valence-corrected chi connectivity index (χ3v) is 6.86. The van der Waals surface area contributed by atoms with Gasteiger partial charge in [-0.05, 0) is 69.0 Å². The molecule has 1 fully saturated rings. The fraction of sp³-hybridized carbons (Fsp3) is 0.571. The fourth-order valence-electron chi connectivity index (χ4n) is 4.69. The number of aromatic hydroxyl groups is 2. The van der Waals surface area contributed by atoms with Gasteiger partial charge in [-0.1, -0.05) is 6.07 Å². The van der Waals surface area contributed by atoms with E-state index in [4.69, 9.17) is 28.4 Å². The monoisotopic (exact) mass is 536 g/mol. The molecule has 38 heavy (non-hydrogen) atoms. The first-order valence-electron chi connectivity index (χ1n) is 12.7. The first kappa shape index (κ1) is 29.9. The molecule has 2 aromatic rings. The normalized spacial score (nSPS) is 25.5. The lowest BCUT2D eigenvalue weighted by Gasteiger charge is -2.38. The molecule has 6 atom stereocenters. The highest BCUT2D eigenvalue weighted by molar-refractivity contribution is 5.47. The molecule has 0 amide bonds. The van der Waals surface area contributed by atoms with Crippen LogP contribution in [0, 0.1) is 12.8 Å². The van der Waals surface area contributed by atoms with E-state index in [2.05, 4.69) is 0 Å². The molecule has 2 aliphatic rings. The van der Waals surface area contributed by atoms with E-state index in [1.54, 1.807) is 21.1 Å². The molecule has 0 bridgehead atoms. The van der Waals surface area contributed by atoms with Crippen molar-refractivity contribution in [3.63, 3.8) is 0 Å². The number of methoxy groups -OCH3 is 2. The first-order valence-corrected chi connectivity index (χ1v) is 12.7. The van der Waals surface area contributed by atoms with Gasteiger partial charge in [-0.15, -0.1) is 0 Å². The number of aryl methyl sites for hydroxylation is 1. The van der Waals surface area contributed by atoms with Gasteiger partial charge in [0, 0.05) is 18.1 Å². The molecule has 1 aliphatic heterocycles. The summed E-state index contributed by atoms with van der Waals surface area (Å²) in [6, 6.07) is 8.69. The highest BCUT2D eigenvalue weighted by Gasteiger charge is 2.35. The van der Waals surface area contributed by atoms with E-state index in [1.165, 1.54) is 12.1 Å². The predicted octanol–water partition coefficient (Wildman–Crippen LogP) is 3.21. The van der Waals surface area contributed by atoms with Crippen LogP contribution in [0.15, 0.2) is 30.3 Å².